The number of benzene rings is 1. The molecule has 0 radical (unpaired) electrons. The highest BCUT2D eigenvalue weighted by molar-refractivity contribution is 5.64. The fourth-order valence-corrected chi connectivity index (χ4v) is 3.50. The van der Waals surface area contributed by atoms with Gasteiger partial charge >= 0.3 is 0 Å². The quantitative estimate of drug-likeness (QED) is 0.820. The molecule has 1 aliphatic rings. The second-order valence-electron chi connectivity index (χ2n) is 6.33. The van der Waals surface area contributed by atoms with E-state index in [-0.39, 0.29) is 5.56 Å². The van der Waals surface area contributed by atoms with Gasteiger partial charge < -0.3 is 9.88 Å². The molecule has 1 aromatic heterocycles. The van der Waals surface area contributed by atoms with E-state index in [1.54, 1.807) is 12.1 Å². The Morgan fingerprint density at radius 2 is 1.92 bits per heavy atom. The number of fused-ring (bicyclic) bond motifs is 1. The van der Waals surface area contributed by atoms with Crippen LogP contribution in [-0.4, -0.2) is 24.6 Å². The Hall–Kier alpha value is -1.75. The lowest BCUT2D eigenvalue weighted by molar-refractivity contribution is 0.0496. The fraction of sp³-hybridized carbons (Fsp3) is 0.474. The summed E-state index contributed by atoms with van der Waals surface area (Å²) in [4.78, 5) is 0. The molecule has 24 heavy (non-hydrogen) atoms. The molecule has 1 aliphatic carbocycles. The van der Waals surface area contributed by atoms with Crippen LogP contribution in [0.25, 0.3) is 11.3 Å². The lowest BCUT2D eigenvalue weighted by Gasteiger charge is -2.17. The molecule has 0 amide bonds. The van der Waals surface area contributed by atoms with Gasteiger partial charge in [0.05, 0.1) is 0 Å². The number of hydrogen-bond acceptors (Lipinski definition) is 1. The van der Waals surface area contributed by atoms with Gasteiger partial charge in [-0.2, -0.15) is 0 Å². The standard InChI is InChI=1S/C19H23F3N2/c1-23-9-10-24-16-8-3-2-5-14(16)12-17(24)13-6-4-7-15(11-13)18(20)19(21)22/h4,6-7,11-12,18-19,23H,2-3,5,8-10H2,1H3. The van der Waals surface area contributed by atoms with Gasteiger partial charge in [0.1, 0.15) is 0 Å². The summed E-state index contributed by atoms with van der Waals surface area (Å²) in [6.45, 7) is 1.65. The first-order valence-electron chi connectivity index (χ1n) is 8.50. The Kier molecular flexibility index (Phi) is 5.29. The second-order valence-corrected chi connectivity index (χ2v) is 6.33. The average molecular weight is 336 g/mol. The summed E-state index contributed by atoms with van der Waals surface area (Å²) in [6.07, 6.45) is -0.780. The van der Waals surface area contributed by atoms with E-state index < -0.39 is 12.6 Å². The molecule has 0 saturated carbocycles. The molecule has 1 heterocycles. The molecule has 0 fully saturated rings. The number of likely N-dealkylation sites (N-methyl/N-ethyl adjacent to an activating group) is 1. The number of aromatic nitrogens is 1. The Labute approximate surface area is 140 Å². The van der Waals surface area contributed by atoms with Crippen molar-refractivity contribution in [3.8, 4) is 11.3 Å². The molecule has 0 aliphatic heterocycles. The van der Waals surface area contributed by atoms with Crippen molar-refractivity contribution < 1.29 is 13.2 Å². The molecule has 2 nitrogen and oxygen atoms in total. The highest BCUT2D eigenvalue weighted by atomic mass is 19.3. The molecule has 130 valence electrons. The number of alkyl halides is 3. The molecule has 5 heteroatoms. The maximum Gasteiger partial charge on any atom is 0.273 e. The van der Waals surface area contributed by atoms with Crippen molar-refractivity contribution in [1.29, 1.82) is 0 Å². The van der Waals surface area contributed by atoms with E-state index in [9.17, 15) is 13.2 Å². The molecule has 1 aromatic carbocycles. The summed E-state index contributed by atoms with van der Waals surface area (Å²) >= 11 is 0. The predicted molar refractivity (Wildman–Crippen MR) is 90.3 cm³/mol. The SMILES string of the molecule is CNCCn1c(-c2cccc(C(F)C(F)F)c2)cc2c1CCCC2. The third-order valence-electron chi connectivity index (χ3n) is 4.72. The van der Waals surface area contributed by atoms with Gasteiger partial charge in [-0.05, 0) is 61.6 Å². The van der Waals surface area contributed by atoms with Crippen LogP contribution >= 0.6 is 0 Å². The number of rotatable bonds is 6. The molecule has 2 aromatic rings. The first-order chi connectivity index (χ1) is 11.6. The maximum absolute atomic E-state index is 13.7. The van der Waals surface area contributed by atoms with Crippen molar-refractivity contribution in [1.82, 2.24) is 9.88 Å². The summed E-state index contributed by atoms with van der Waals surface area (Å²) in [5.41, 5.74) is 4.52. The summed E-state index contributed by atoms with van der Waals surface area (Å²) < 4.78 is 41.4. The van der Waals surface area contributed by atoms with Crippen LogP contribution in [0.5, 0.6) is 0 Å². The van der Waals surface area contributed by atoms with Gasteiger partial charge in [0.25, 0.3) is 6.43 Å². The molecule has 1 unspecified atom stereocenters. The molecule has 1 N–H and O–H groups in total. The normalized spacial score (nSPS) is 15.5. The van der Waals surface area contributed by atoms with Crippen LogP contribution in [0, 0.1) is 0 Å². The van der Waals surface area contributed by atoms with Crippen molar-refractivity contribution in [2.75, 3.05) is 13.6 Å². The monoisotopic (exact) mass is 336 g/mol. The van der Waals surface area contributed by atoms with Gasteiger partial charge in [-0.15, -0.1) is 0 Å². The van der Waals surface area contributed by atoms with Crippen LogP contribution in [-0.2, 0) is 19.4 Å². The van der Waals surface area contributed by atoms with Crippen LogP contribution in [0.1, 0.15) is 35.8 Å². The second kappa shape index (κ2) is 7.43. The van der Waals surface area contributed by atoms with E-state index in [0.717, 1.165) is 37.2 Å². The Bertz CT molecular complexity index is 694. The van der Waals surface area contributed by atoms with Crippen LogP contribution in [0.2, 0.25) is 0 Å². The van der Waals surface area contributed by atoms with E-state index in [1.165, 1.54) is 30.2 Å². The average Bonchev–Trinajstić information content (AvgIpc) is 2.98. The molecule has 0 spiro atoms. The van der Waals surface area contributed by atoms with Gasteiger partial charge in [0, 0.05) is 24.5 Å². The fourth-order valence-electron chi connectivity index (χ4n) is 3.50. The number of hydrogen-bond donors (Lipinski definition) is 1. The zero-order valence-electron chi connectivity index (χ0n) is 13.9. The minimum Gasteiger partial charge on any atom is -0.343 e. The van der Waals surface area contributed by atoms with Crippen LogP contribution in [0.3, 0.4) is 0 Å². The first-order valence-corrected chi connectivity index (χ1v) is 8.50. The van der Waals surface area contributed by atoms with E-state index in [4.69, 9.17) is 0 Å². The summed E-state index contributed by atoms with van der Waals surface area (Å²) in [6, 6.07) is 8.68. The van der Waals surface area contributed by atoms with Crippen LogP contribution in [0.15, 0.2) is 30.3 Å². The molecule has 0 bridgehead atoms. The predicted octanol–water partition coefficient (Wildman–Crippen LogP) is 4.53. The van der Waals surface area contributed by atoms with Gasteiger partial charge in [-0.3, -0.25) is 0 Å². The van der Waals surface area contributed by atoms with Gasteiger partial charge in [-0.25, -0.2) is 13.2 Å². The van der Waals surface area contributed by atoms with Crippen LogP contribution in [0.4, 0.5) is 13.2 Å². The molecule has 1 atom stereocenters. The lowest BCUT2D eigenvalue weighted by atomic mass is 9.98. The molecule has 0 saturated heterocycles. The zero-order chi connectivity index (χ0) is 17.1. The van der Waals surface area contributed by atoms with Crippen molar-refractivity contribution in [2.24, 2.45) is 0 Å². The smallest absolute Gasteiger partial charge is 0.273 e. The minimum absolute atomic E-state index is 0.0434. The third kappa shape index (κ3) is 3.36. The Morgan fingerprint density at radius 1 is 1.12 bits per heavy atom. The van der Waals surface area contributed by atoms with Crippen molar-refractivity contribution in [3.05, 3.63) is 47.2 Å². The van der Waals surface area contributed by atoms with Crippen molar-refractivity contribution in [2.45, 2.75) is 44.8 Å². The summed E-state index contributed by atoms with van der Waals surface area (Å²) in [7, 11) is 1.91. The number of nitrogens with one attached hydrogen (secondary N) is 1. The van der Waals surface area contributed by atoms with E-state index in [2.05, 4.69) is 16.0 Å². The highest BCUT2D eigenvalue weighted by Crippen LogP contribution is 2.33. The summed E-state index contributed by atoms with van der Waals surface area (Å²) in [5.74, 6) is 0. The Morgan fingerprint density at radius 3 is 2.67 bits per heavy atom. The highest BCUT2D eigenvalue weighted by Gasteiger charge is 2.23. The van der Waals surface area contributed by atoms with E-state index >= 15 is 0 Å². The van der Waals surface area contributed by atoms with Gasteiger partial charge in [0.2, 0.25) is 0 Å². The maximum atomic E-state index is 13.7. The van der Waals surface area contributed by atoms with E-state index in [1.807, 2.05) is 13.1 Å². The molecular formula is C19H23F3N2. The van der Waals surface area contributed by atoms with Gasteiger partial charge in [-0.1, -0.05) is 18.2 Å². The lowest BCUT2D eigenvalue weighted by Crippen LogP contribution is -2.18. The number of halogens is 3. The Balaban J connectivity index is 2.02. The van der Waals surface area contributed by atoms with Crippen molar-refractivity contribution in [3.63, 3.8) is 0 Å². The topological polar surface area (TPSA) is 17.0 Å². The zero-order valence-corrected chi connectivity index (χ0v) is 13.9. The first kappa shape index (κ1) is 17.1. The largest absolute Gasteiger partial charge is 0.343 e. The minimum atomic E-state index is -3.00. The third-order valence-corrected chi connectivity index (χ3v) is 4.72. The molecular weight excluding hydrogens is 313 g/mol. The number of aryl methyl sites for hydroxylation is 1. The van der Waals surface area contributed by atoms with Gasteiger partial charge in [0.15, 0.2) is 6.17 Å². The summed E-state index contributed by atoms with van der Waals surface area (Å²) in [5, 5.41) is 3.16. The van der Waals surface area contributed by atoms with E-state index in [0.29, 0.717) is 0 Å². The molecule has 3 rings (SSSR count). The van der Waals surface area contributed by atoms with Crippen LogP contribution < -0.4 is 5.32 Å². The van der Waals surface area contributed by atoms with Crippen molar-refractivity contribution >= 4 is 0 Å². The number of nitrogens with zero attached hydrogens (tertiary/aromatic N) is 1.